The molecule has 3 rings (SSSR count). The third kappa shape index (κ3) is 3.11. The fourth-order valence-electron chi connectivity index (χ4n) is 3.57. The first-order valence-electron chi connectivity index (χ1n) is 7.94. The van der Waals surface area contributed by atoms with Gasteiger partial charge in [0.15, 0.2) is 0 Å². The SMILES string of the molecule is Cc1cc(F)c(C2CNCC3(CCCCCC3)O2)cc1F. The minimum absolute atomic E-state index is 0.201. The highest BCUT2D eigenvalue weighted by molar-refractivity contribution is 5.27. The maximum absolute atomic E-state index is 14.2. The summed E-state index contributed by atoms with van der Waals surface area (Å²) in [5, 5.41) is 3.37. The minimum atomic E-state index is -0.396. The van der Waals surface area contributed by atoms with Crippen molar-refractivity contribution in [3.8, 4) is 0 Å². The molecule has 1 aliphatic carbocycles. The van der Waals surface area contributed by atoms with Crippen LogP contribution in [0.2, 0.25) is 0 Å². The molecule has 2 fully saturated rings. The van der Waals surface area contributed by atoms with Crippen LogP contribution in [0.1, 0.15) is 55.8 Å². The summed E-state index contributed by atoms with van der Waals surface area (Å²) in [5.41, 5.74) is 0.478. The number of ether oxygens (including phenoxy) is 1. The summed E-state index contributed by atoms with van der Waals surface area (Å²) >= 11 is 0. The van der Waals surface area contributed by atoms with E-state index in [9.17, 15) is 8.78 Å². The van der Waals surface area contributed by atoms with Crippen LogP contribution in [-0.4, -0.2) is 18.7 Å². The van der Waals surface area contributed by atoms with Gasteiger partial charge in [0.1, 0.15) is 11.6 Å². The Morgan fingerprint density at radius 3 is 2.52 bits per heavy atom. The summed E-state index contributed by atoms with van der Waals surface area (Å²) in [6.45, 7) is 2.94. The van der Waals surface area contributed by atoms with E-state index in [1.54, 1.807) is 6.92 Å². The second-order valence-electron chi connectivity index (χ2n) is 6.46. The molecule has 2 aliphatic rings. The molecule has 1 aromatic rings. The molecule has 1 spiro atoms. The van der Waals surface area contributed by atoms with Gasteiger partial charge >= 0.3 is 0 Å². The van der Waals surface area contributed by atoms with Gasteiger partial charge in [0.05, 0.1) is 11.7 Å². The predicted molar refractivity (Wildman–Crippen MR) is 78.2 cm³/mol. The lowest BCUT2D eigenvalue weighted by Gasteiger charge is -2.42. The van der Waals surface area contributed by atoms with Crippen LogP contribution < -0.4 is 5.32 Å². The molecule has 1 N–H and O–H groups in total. The highest BCUT2D eigenvalue weighted by Crippen LogP contribution is 2.37. The van der Waals surface area contributed by atoms with Crippen molar-refractivity contribution in [2.24, 2.45) is 0 Å². The van der Waals surface area contributed by atoms with Crippen LogP contribution in [0.15, 0.2) is 12.1 Å². The average molecular weight is 295 g/mol. The first kappa shape index (κ1) is 14.9. The van der Waals surface area contributed by atoms with Crippen molar-refractivity contribution >= 4 is 0 Å². The fraction of sp³-hybridized carbons (Fsp3) is 0.647. The zero-order chi connectivity index (χ0) is 14.9. The predicted octanol–water partition coefficient (Wildman–Crippen LogP) is 4.03. The molecule has 0 amide bonds. The summed E-state index contributed by atoms with van der Waals surface area (Å²) in [7, 11) is 0. The Morgan fingerprint density at radius 2 is 1.81 bits per heavy atom. The van der Waals surface area contributed by atoms with Crippen molar-refractivity contribution in [3.63, 3.8) is 0 Å². The van der Waals surface area contributed by atoms with E-state index in [1.807, 2.05) is 0 Å². The first-order chi connectivity index (χ1) is 10.1. The van der Waals surface area contributed by atoms with Crippen LogP contribution in [-0.2, 0) is 4.74 Å². The average Bonchev–Trinajstić information content (AvgIpc) is 2.68. The smallest absolute Gasteiger partial charge is 0.129 e. The van der Waals surface area contributed by atoms with E-state index < -0.39 is 6.10 Å². The zero-order valence-electron chi connectivity index (χ0n) is 12.6. The van der Waals surface area contributed by atoms with E-state index in [-0.39, 0.29) is 17.2 Å². The van der Waals surface area contributed by atoms with Gasteiger partial charge in [0.2, 0.25) is 0 Å². The number of hydrogen-bond acceptors (Lipinski definition) is 2. The van der Waals surface area contributed by atoms with Crippen LogP contribution >= 0.6 is 0 Å². The third-order valence-electron chi connectivity index (χ3n) is 4.81. The molecule has 0 radical (unpaired) electrons. The number of rotatable bonds is 1. The van der Waals surface area contributed by atoms with Crippen molar-refractivity contribution in [2.45, 2.75) is 57.2 Å². The minimum Gasteiger partial charge on any atom is -0.364 e. The lowest BCUT2D eigenvalue weighted by molar-refractivity contribution is -0.127. The van der Waals surface area contributed by atoms with Gasteiger partial charge in [-0.25, -0.2) is 8.78 Å². The molecule has 1 heterocycles. The highest BCUT2D eigenvalue weighted by Gasteiger charge is 2.38. The van der Waals surface area contributed by atoms with E-state index in [0.29, 0.717) is 17.7 Å². The highest BCUT2D eigenvalue weighted by atomic mass is 19.1. The zero-order valence-corrected chi connectivity index (χ0v) is 12.6. The second-order valence-corrected chi connectivity index (χ2v) is 6.46. The molecule has 4 heteroatoms. The van der Waals surface area contributed by atoms with Gasteiger partial charge in [0, 0.05) is 18.7 Å². The Kier molecular flexibility index (Phi) is 4.27. The lowest BCUT2D eigenvalue weighted by atomic mass is 9.91. The van der Waals surface area contributed by atoms with Crippen molar-refractivity contribution < 1.29 is 13.5 Å². The lowest BCUT2D eigenvalue weighted by Crippen LogP contribution is -2.50. The van der Waals surface area contributed by atoms with E-state index in [0.717, 1.165) is 32.2 Å². The standard InChI is InChI=1S/C17H23F2NO/c1-12-8-15(19)13(9-14(12)18)16-10-20-11-17(21-16)6-4-2-3-5-7-17/h8-9,16,20H,2-7,10-11H2,1H3. The molecule has 2 nitrogen and oxygen atoms in total. The quantitative estimate of drug-likeness (QED) is 0.844. The molecule has 1 saturated heterocycles. The number of morpholine rings is 1. The summed E-state index contributed by atoms with van der Waals surface area (Å²) in [4.78, 5) is 0. The number of benzene rings is 1. The summed E-state index contributed by atoms with van der Waals surface area (Å²) in [6, 6.07) is 2.56. The molecular formula is C17H23F2NO. The van der Waals surface area contributed by atoms with E-state index in [2.05, 4.69) is 5.32 Å². The molecule has 1 saturated carbocycles. The Hall–Kier alpha value is -1.00. The molecule has 1 aliphatic heterocycles. The Labute approximate surface area is 124 Å². The monoisotopic (exact) mass is 295 g/mol. The summed E-state index contributed by atoms with van der Waals surface area (Å²) in [6.07, 6.45) is 6.40. The van der Waals surface area contributed by atoms with Crippen molar-refractivity contribution in [1.29, 1.82) is 0 Å². The Morgan fingerprint density at radius 1 is 1.10 bits per heavy atom. The van der Waals surface area contributed by atoms with Crippen LogP contribution in [0.4, 0.5) is 8.78 Å². The Bertz CT molecular complexity index is 510. The Balaban J connectivity index is 1.84. The summed E-state index contributed by atoms with van der Waals surface area (Å²) < 4.78 is 34.2. The van der Waals surface area contributed by atoms with E-state index in [4.69, 9.17) is 4.74 Å². The largest absolute Gasteiger partial charge is 0.364 e. The molecule has 0 aromatic heterocycles. The van der Waals surface area contributed by atoms with Gasteiger partial charge in [-0.3, -0.25) is 0 Å². The number of halogens is 2. The van der Waals surface area contributed by atoms with Gasteiger partial charge < -0.3 is 10.1 Å². The number of nitrogens with one attached hydrogen (secondary N) is 1. The molecule has 1 unspecified atom stereocenters. The van der Waals surface area contributed by atoms with E-state index >= 15 is 0 Å². The second kappa shape index (κ2) is 6.01. The maximum Gasteiger partial charge on any atom is 0.129 e. The summed E-state index contributed by atoms with van der Waals surface area (Å²) in [5.74, 6) is -0.734. The van der Waals surface area contributed by atoms with Crippen LogP contribution in [0.25, 0.3) is 0 Å². The van der Waals surface area contributed by atoms with Gasteiger partial charge in [-0.15, -0.1) is 0 Å². The van der Waals surface area contributed by atoms with Crippen molar-refractivity contribution in [3.05, 3.63) is 34.9 Å². The van der Waals surface area contributed by atoms with Crippen LogP contribution in [0.3, 0.4) is 0 Å². The number of aryl methyl sites for hydroxylation is 1. The molecule has 1 aromatic carbocycles. The van der Waals surface area contributed by atoms with Crippen molar-refractivity contribution in [1.82, 2.24) is 5.32 Å². The normalized spacial score (nSPS) is 25.8. The molecular weight excluding hydrogens is 272 g/mol. The fourth-order valence-corrected chi connectivity index (χ4v) is 3.57. The maximum atomic E-state index is 14.2. The molecule has 1 atom stereocenters. The van der Waals surface area contributed by atoms with Crippen LogP contribution in [0.5, 0.6) is 0 Å². The van der Waals surface area contributed by atoms with Gasteiger partial charge in [-0.1, -0.05) is 25.7 Å². The molecule has 0 bridgehead atoms. The first-order valence-corrected chi connectivity index (χ1v) is 7.94. The van der Waals surface area contributed by atoms with Gasteiger partial charge in [-0.2, -0.15) is 0 Å². The topological polar surface area (TPSA) is 21.3 Å². The van der Waals surface area contributed by atoms with Gasteiger partial charge in [-0.05, 0) is 37.5 Å². The molecule has 116 valence electrons. The van der Waals surface area contributed by atoms with E-state index in [1.165, 1.54) is 25.0 Å². The molecule has 21 heavy (non-hydrogen) atoms. The van der Waals surface area contributed by atoms with Gasteiger partial charge in [0.25, 0.3) is 0 Å². The number of hydrogen-bond donors (Lipinski definition) is 1. The third-order valence-corrected chi connectivity index (χ3v) is 4.81. The van der Waals surface area contributed by atoms with Crippen LogP contribution in [0, 0.1) is 18.6 Å². The van der Waals surface area contributed by atoms with Crippen molar-refractivity contribution in [2.75, 3.05) is 13.1 Å².